The van der Waals surface area contributed by atoms with Crippen molar-refractivity contribution in [2.75, 3.05) is 39.4 Å². The molecule has 1 unspecified atom stereocenters. The number of hydrogen-bond donors (Lipinski definition) is 1. The van der Waals surface area contributed by atoms with Crippen LogP contribution in [0.3, 0.4) is 0 Å². The number of nitrogens with zero attached hydrogens (tertiary/aromatic N) is 5. The molecule has 0 aromatic carbocycles. The average molecular weight is 290 g/mol. The predicted octanol–water partition coefficient (Wildman–Crippen LogP) is 1.25. The van der Waals surface area contributed by atoms with Gasteiger partial charge < -0.3 is 5.32 Å². The highest BCUT2D eigenvalue weighted by atomic mass is 15.8. The van der Waals surface area contributed by atoms with Gasteiger partial charge in [-0.25, -0.2) is 5.12 Å². The molecule has 0 spiro atoms. The van der Waals surface area contributed by atoms with Crippen molar-refractivity contribution in [1.29, 1.82) is 0 Å². The van der Waals surface area contributed by atoms with Crippen LogP contribution in [0.4, 0.5) is 0 Å². The Kier molecular flexibility index (Phi) is 5.38. The van der Waals surface area contributed by atoms with Gasteiger partial charge in [0, 0.05) is 33.3 Å². The fourth-order valence-electron chi connectivity index (χ4n) is 2.77. The molecule has 1 aromatic heterocycles. The molecule has 2 rings (SSSR count). The summed E-state index contributed by atoms with van der Waals surface area (Å²) in [7, 11) is 5.78. The van der Waals surface area contributed by atoms with Gasteiger partial charge in [0.05, 0.1) is 11.9 Å². The summed E-state index contributed by atoms with van der Waals surface area (Å²) in [6, 6.07) is 2.04. The number of nitrogens with one attached hydrogen (secondary N) is 1. The van der Waals surface area contributed by atoms with E-state index in [-0.39, 0.29) is 0 Å². The maximum atomic E-state index is 4.58. The van der Waals surface area contributed by atoms with Gasteiger partial charge in [0.2, 0.25) is 0 Å². The third-order valence-electron chi connectivity index (χ3n) is 4.08. The van der Waals surface area contributed by atoms with Crippen LogP contribution in [0.15, 0.2) is 30.0 Å². The first kappa shape index (κ1) is 15.6. The van der Waals surface area contributed by atoms with Gasteiger partial charge in [-0.15, -0.1) is 0 Å². The van der Waals surface area contributed by atoms with E-state index in [0.29, 0.717) is 5.92 Å². The molecule has 0 bridgehead atoms. The minimum Gasteiger partial charge on any atom is -0.317 e. The van der Waals surface area contributed by atoms with E-state index in [1.807, 2.05) is 48.3 Å². The van der Waals surface area contributed by atoms with Gasteiger partial charge in [-0.1, -0.05) is 6.58 Å². The zero-order valence-electron chi connectivity index (χ0n) is 13.3. The largest absolute Gasteiger partial charge is 0.317 e. The smallest absolute Gasteiger partial charge is 0.108 e. The first-order valence-corrected chi connectivity index (χ1v) is 7.50. The lowest BCUT2D eigenvalue weighted by atomic mass is 9.93. The van der Waals surface area contributed by atoms with E-state index in [9.17, 15) is 0 Å². The Morgan fingerprint density at radius 1 is 1.48 bits per heavy atom. The molecular weight excluding hydrogens is 264 g/mol. The average Bonchev–Trinajstić information content (AvgIpc) is 2.82. The minimum absolute atomic E-state index is 0.489. The van der Waals surface area contributed by atoms with Gasteiger partial charge in [-0.2, -0.15) is 9.89 Å². The molecule has 0 aliphatic carbocycles. The van der Waals surface area contributed by atoms with Crippen LogP contribution in [0.1, 0.15) is 25.0 Å². The summed E-state index contributed by atoms with van der Waals surface area (Å²) in [5.41, 5.74) is 2.20. The van der Waals surface area contributed by atoms with E-state index in [2.05, 4.69) is 22.0 Å². The second-order valence-corrected chi connectivity index (χ2v) is 5.34. The van der Waals surface area contributed by atoms with Crippen molar-refractivity contribution < 1.29 is 0 Å². The topological polar surface area (TPSA) is 48.7 Å². The van der Waals surface area contributed by atoms with Crippen molar-refractivity contribution in [3.8, 4) is 0 Å². The van der Waals surface area contributed by atoms with Gasteiger partial charge >= 0.3 is 0 Å². The molecule has 1 atom stereocenters. The third kappa shape index (κ3) is 3.44. The van der Waals surface area contributed by atoms with Gasteiger partial charge in [0.15, 0.2) is 0 Å². The van der Waals surface area contributed by atoms with Crippen LogP contribution in [0, 0.1) is 5.92 Å². The highest BCUT2D eigenvalue weighted by Gasteiger charge is 2.23. The molecule has 0 saturated carbocycles. The van der Waals surface area contributed by atoms with Crippen LogP contribution in [-0.4, -0.2) is 54.8 Å². The van der Waals surface area contributed by atoms with Crippen molar-refractivity contribution in [3.63, 3.8) is 0 Å². The molecule has 6 heteroatoms. The quantitative estimate of drug-likeness (QED) is 0.655. The lowest BCUT2D eigenvalue weighted by Gasteiger charge is -2.30. The second-order valence-electron chi connectivity index (χ2n) is 5.34. The van der Waals surface area contributed by atoms with E-state index in [0.717, 1.165) is 30.9 Å². The highest BCUT2D eigenvalue weighted by molar-refractivity contribution is 6.00. The lowest BCUT2D eigenvalue weighted by molar-refractivity contribution is 0.321. The third-order valence-corrected chi connectivity index (χ3v) is 4.08. The number of hydrazine groups is 1. The first-order chi connectivity index (χ1) is 10.2. The molecule has 1 aromatic rings. The highest BCUT2D eigenvalue weighted by Crippen LogP contribution is 2.20. The Morgan fingerprint density at radius 2 is 2.29 bits per heavy atom. The molecule has 1 aliphatic heterocycles. The Bertz CT molecular complexity index is 484. The number of hydrogen-bond acceptors (Lipinski definition) is 5. The van der Waals surface area contributed by atoms with Crippen LogP contribution in [0.5, 0.6) is 0 Å². The number of aliphatic imine (C=N–C) groups is 1. The van der Waals surface area contributed by atoms with Gasteiger partial charge in [0.1, 0.15) is 5.69 Å². The lowest BCUT2D eigenvalue weighted by Crippen LogP contribution is -2.44. The van der Waals surface area contributed by atoms with E-state index in [1.54, 1.807) is 6.20 Å². The zero-order chi connectivity index (χ0) is 15.2. The normalized spacial score (nSPS) is 20.0. The maximum absolute atomic E-state index is 4.58. The van der Waals surface area contributed by atoms with Crippen molar-refractivity contribution in [2.24, 2.45) is 10.9 Å². The summed E-state index contributed by atoms with van der Waals surface area (Å²) in [5, 5.41) is 11.7. The monoisotopic (exact) mass is 290 g/mol. The molecule has 0 amide bonds. The number of aromatic nitrogens is 2. The van der Waals surface area contributed by atoms with Crippen molar-refractivity contribution in [2.45, 2.75) is 19.3 Å². The summed E-state index contributed by atoms with van der Waals surface area (Å²) in [6.45, 7) is 5.95. The van der Waals surface area contributed by atoms with Crippen LogP contribution in [0.25, 0.3) is 0 Å². The molecule has 1 aliphatic rings. The fraction of sp³-hybridized carbons (Fsp3) is 0.600. The van der Waals surface area contributed by atoms with Crippen molar-refractivity contribution in [1.82, 2.24) is 20.2 Å². The fourth-order valence-corrected chi connectivity index (χ4v) is 2.77. The van der Waals surface area contributed by atoms with Gasteiger partial charge in [-0.05, 0) is 38.4 Å². The molecule has 0 radical (unpaired) electrons. The summed E-state index contributed by atoms with van der Waals surface area (Å²) in [6.07, 6.45) is 7.07. The zero-order valence-corrected chi connectivity index (χ0v) is 13.3. The van der Waals surface area contributed by atoms with E-state index in [4.69, 9.17) is 0 Å². The molecule has 1 N–H and O–H groups in total. The maximum Gasteiger partial charge on any atom is 0.108 e. The molecule has 21 heavy (non-hydrogen) atoms. The van der Waals surface area contributed by atoms with Crippen LogP contribution < -0.4 is 10.4 Å². The summed E-state index contributed by atoms with van der Waals surface area (Å²) < 4.78 is 0. The van der Waals surface area contributed by atoms with E-state index >= 15 is 0 Å². The predicted molar refractivity (Wildman–Crippen MR) is 87.0 cm³/mol. The molecule has 116 valence electrons. The standard InChI is InChI=1S/C15H26N6/c1-5-19(3)20(4)21-14(9-12-18-21)15(16-2)13-7-6-10-17-11-8-13/h5,9,12-13,17H,1,6-8,10-11H2,2-4H3/b16-15-. The second kappa shape index (κ2) is 7.26. The van der Waals surface area contributed by atoms with E-state index in [1.165, 1.54) is 12.8 Å². The molecule has 6 nitrogen and oxygen atoms in total. The Hall–Kier alpha value is -1.82. The molecular formula is C15H26N6. The van der Waals surface area contributed by atoms with Gasteiger partial charge in [0.25, 0.3) is 0 Å². The summed E-state index contributed by atoms with van der Waals surface area (Å²) in [4.78, 5) is 6.46. The van der Waals surface area contributed by atoms with Crippen LogP contribution in [0.2, 0.25) is 0 Å². The molecule has 1 fully saturated rings. The summed E-state index contributed by atoms with van der Waals surface area (Å²) >= 11 is 0. The van der Waals surface area contributed by atoms with Crippen molar-refractivity contribution >= 4 is 5.71 Å². The first-order valence-electron chi connectivity index (χ1n) is 7.50. The molecule has 1 saturated heterocycles. The Morgan fingerprint density at radius 3 is 3.00 bits per heavy atom. The SMILES string of the molecule is C=CN(C)N(C)n1nccc1/C(=N\C)C1CCCNCC1. The van der Waals surface area contributed by atoms with Gasteiger partial charge in [-0.3, -0.25) is 10.0 Å². The Balaban J connectivity index is 2.27. The van der Waals surface area contributed by atoms with Crippen LogP contribution >= 0.6 is 0 Å². The number of rotatable bonds is 5. The Labute approximate surface area is 127 Å². The van der Waals surface area contributed by atoms with Crippen molar-refractivity contribution in [3.05, 3.63) is 30.7 Å². The molecule has 2 heterocycles. The van der Waals surface area contributed by atoms with E-state index < -0.39 is 0 Å². The van der Waals surface area contributed by atoms with Crippen LogP contribution in [-0.2, 0) is 0 Å². The minimum atomic E-state index is 0.489. The summed E-state index contributed by atoms with van der Waals surface area (Å²) in [5.74, 6) is 0.489.